The standard InChI is InChI=1S/C13H24N4/c1-11(2)13(3-4-13)9-15-7-12-8-17(6-5-14)10-16-12/h8,10-11,15H,3-7,9,14H2,1-2H3. The fraction of sp³-hybridized carbons (Fsp3) is 0.769. The van der Waals surface area contributed by atoms with Gasteiger partial charge in [0.15, 0.2) is 0 Å². The summed E-state index contributed by atoms with van der Waals surface area (Å²) in [5.41, 5.74) is 7.18. The van der Waals surface area contributed by atoms with E-state index in [-0.39, 0.29) is 0 Å². The van der Waals surface area contributed by atoms with Gasteiger partial charge in [0.25, 0.3) is 0 Å². The first-order chi connectivity index (χ1) is 8.16. The van der Waals surface area contributed by atoms with Crippen molar-refractivity contribution in [2.45, 2.75) is 39.8 Å². The molecule has 1 aromatic rings. The van der Waals surface area contributed by atoms with Crippen LogP contribution in [0.1, 0.15) is 32.4 Å². The average Bonchev–Trinajstić information content (AvgIpc) is 2.95. The van der Waals surface area contributed by atoms with Crippen LogP contribution in [0.4, 0.5) is 0 Å². The third-order valence-corrected chi connectivity index (χ3v) is 3.97. The van der Waals surface area contributed by atoms with Crippen LogP contribution in [0, 0.1) is 11.3 Å². The molecule has 96 valence electrons. The third-order valence-electron chi connectivity index (χ3n) is 3.97. The van der Waals surface area contributed by atoms with Crippen molar-refractivity contribution < 1.29 is 0 Å². The molecule has 0 unspecified atom stereocenters. The van der Waals surface area contributed by atoms with Gasteiger partial charge in [-0.2, -0.15) is 0 Å². The number of hydrogen-bond donors (Lipinski definition) is 2. The van der Waals surface area contributed by atoms with Crippen LogP contribution >= 0.6 is 0 Å². The molecule has 1 fully saturated rings. The molecule has 4 nitrogen and oxygen atoms in total. The fourth-order valence-corrected chi connectivity index (χ4v) is 2.33. The zero-order chi connectivity index (χ0) is 12.3. The van der Waals surface area contributed by atoms with E-state index in [4.69, 9.17) is 5.73 Å². The van der Waals surface area contributed by atoms with Crippen molar-refractivity contribution in [2.75, 3.05) is 13.1 Å². The van der Waals surface area contributed by atoms with Gasteiger partial charge in [-0.25, -0.2) is 4.98 Å². The van der Waals surface area contributed by atoms with Gasteiger partial charge in [0.2, 0.25) is 0 Å². The number of aromatic nitrogens is 2. The lowest BCUT2D eigenvalue weighted by Crippen LogP contribution is -2.27. The maximum Gasteiger partial charge on any atom is 0.0950 e. The number of imidazole rings is 1. The molecular formula is C13H24N4. The Morgan fingerprint density at radius 2 is 2.29 bits per heavy atom. The molecule has 1 aliphatic rings. The average molecular weight is 236 g/mol. The molecule has 0 aliphatic heterocycles. The molecule has 0 atom stereocenters. The van der Waals surface area contributed by atoms with Gasteiger partial charge >= 0.3 is 0 Å². The molecule has 1 aromatic heterocycles. The Balaban J connectivity index is 1.74. The maximum atomic E-state index is 5.50. The Hall–Kier alpha value is -0.870. The minimum atomic E-state index is 0.569. The molecule has 17 heavy (non-hydrogen) atoms. The number of rotatable bonds is 7. The lowest BCUT2D eigenvalue weighted by Gasteiger charge is -2.19. The highest BCUT2D eigenvalue weighted by molar-refractivity contribution is 5.00. The predicted molar refractivity (Wildman–Crippen MR) is 69.5 cm³/mol. The molecule has 3 N–H and O–H groups in total. The lowest BCUT2D eigenvalue weighted by atomic mass is 9.92. The fourth-order valence-electron chi connectivity index (χ4n) is 2.33. The van der Waals surface area contributed by atoms with Crippen LogP contribution < -0.4 is 11.1 Å². The summed E-state index contributed by atoms with van der Waals surface area (Å²) in [6, 6.07) is 0. The molecule has 2 rings (SSSR count). The summed E-state index contributed by atoms with van der Waals surface area (Å²) in [4.78, 5) is 4.36. The lowest BCUT2D eigenvalue weighted by molar-refractivity contribution is 0.337. The van der Waals surface area contributed by atoms with Gasteiger partial charge in [0, 0.05) is 32.4 Å². The minimum absolute atomic E-state index is 0.569. The number of nitrogens with zero attached hydrogens (tertiary/aromatic N) is 2. The smallest absolute Gasteiger partial charge is 0.0950 e. The summed E-state index contributed by atoms with van der Waals surface area (Å²) in [7, 11) is 0. The van der Waals surface area contributed by atoms with Crippen molar-refractivity contribution in [3.05, 3.63) is 18.2 Å². The minimum Gasteiger partial charge on any atom is -0.336 e. The van der Waals surface area contributed by atoms with Crippen molar-refractivity contribution in [1.82, 2.24) is 14.9 Å². The van der Waals surface area contributed by atoms with Crippen molar-refractivity contribution in [1.29, 1.82) is 0 Å². The van der Waals surface area contributed by atoms with E-state index < -0.39 is 0 Å². The molecule has 0 saturated heterocycles. The normalized spacial score (nSPS) is 17.6. The van der Waals surface area contributed by atoms with Crippen molar-refractivity contribution in [3.63, 3.8) is 0 Å². The van der Waals surface area contributed by atoms with Crippen LogP contribution in [0.25, 0.3) is 0 Å². The first-order valence-corrected chi connectivity index (χ1v) is 6.58. The third kappa shape index (κ3) is 3.07. The van der Waals surface area contributed by atoms with Crippen molar-refractivity contribution in [2.24, 2.45) is 17.1 Å². The van der Waals surface area contributed by atoms with Gasteiger partial charge in [-0.15, -0.1) is 0 Å². The zero-order valence-corrected chi connectivity index (χ0v) is 10.9. The van der Waals surface area contributed by atoms with Crippen LogP contribution in [0.2, 0.25) is 0 Å². The van der Waals surface area contributed by atoms with Gasteiger partial charge in [0.05, 0.1) is 12.0 Å². The SMILES string of the molecule is CC(C)C1(CNCc2cn(CCN)cn2)CC1. The highest BCUT2D eigenvalue weighted by atomic mass is 15.1. The molecule has 0 bridgehead atoms. The molecule has 0 spiro atoms. The van der Waals surface area contributed by atoms with Gasteiger partial charge < -0.3 is 15.6 Å². The highest BCUT2D eigenvalue weighted by Gasteiger charge is 2.44. The molecule has 0 aromatic carbocycles. The van der Waals surface area contributed by atoms with Crippen LogP contribution in [0.5, 0.6) is 0 Å². The van der Waals surface area contributed by atoms with Gasteiger partial charge in [-0.1, -0.05) is 13.8 Å². The van der Waals surface area contributed by atoms with E-state index in [9.17, 15) is 0 Å². The first kappa shape index (κ1) is 12.6. The second-order valence-electron chi connectivity index (χ2n) is 5.51. The quantitative estimate of drug-likeness (QED) is 0.752. The molecule has 1 saturated carbocycles. The van der Waals surface area contributed by atoms with Crippen LogP contribution in [0.15, 0.2) is 12.5 Å². The van der Waals surface area contributed by atoms with Gasteiger partial charge in [-0.05, 0) is 24.2 Å². The maximum absolute atomic E-state index is 5.50. The topological polar surface area (TPSA) is 55.9 Å². The van der Waals surface area contributed by atoms with E-state index >= 15 is 0 Å². The highest BCUT2D eigenvalue weighted by Crippen LogP contribution is 2.51. The number of nitrogens with one attached hydrogen (secondary N) is 1. The molecular weight excluding hydrogens is 212 g/mol. The molecule has 1 heterocycles. The zero-order valence-electron chi connectivity index (χ0n) is 10.9. The summed E-state index contributed by atoms with van der Waals surface area (Å²) in [5, 5.41) is 3.53. The Morgan fingerprint density at radius 3 is 2.88 bits per heavy atom. The molecule has 0 radical (unpaired) electrons. The number of hydrogen-bond acceptors (Lipinski definition) is 3. The molecule has 1 aliphatic carbocycles. The van der Waals surface area contributed by atoms with E-state index in [1.54, 1.807) is 0 Å². The number of nitrogens with two attached hydrogens (primary N) is 1. The summed E-state index contributed by atoms with van der Waals surface area (Å²) >= 11 is 0. The Bertz CT molecular complexity index is 352. The van der Waals surface area contributed by atoms with E-state index in [1.807, 2.05) is 10.9 Å². The Kier molecular flexibility index (Phi) is 3.84. The second kappa shape index (κ2) is 5.19. The van der Waals surface area contributed by atoms with Gasteiger partial charge in [0.1, 0.15) is 0 Å². The van der Waals surface area contributed by atoms with Crippen LogP contribution in [-0.2, 0) is 13.1 Å². The second-order valence-corrected chi connectivity index (χ2v) is 5.51. The summed E-state index contributed by atoms with van der Waals surface area (Å²) < 4.78 is 2.05. The molecule has 0 amide bonds. The van der Waals surface area contributed by atoms with E-state index in [1.165, 1.54) is 12.8 Å². The van der Waals surface area contributed by atoms with Crippen LogP contribution in [0.3, 0.4) is 0 Å². The van der Waals surface area contributed by atoms with Crippen LogP contribution in [-0.4, -0.2) is 22.6 Å². The van der Waals surface area contributed by atoms with Crippen molar-refractivity contribution >= 4 is 0 Å². The predicted octanol–water partition coefficient (Wildman–Crippen LogP) is 1.37. The van der Waals surface area contributed by atoms with Crippen molar-refractivity contribution in [3.8, 4) is 0 Å². The summed E-state index contributed by atoms with van der Waals surface area (Å²) in [6.45, 7) is 8.15. The van der Waals surface area contributed by atoms with E-state index in [0.29, 0.717) is 12.0 Å². The Labute approximate surface area is 104 Å². The molecule has 4 heteroatoms. The summed E-state index contributed by atoms with van der Waals surface area (Å²) in [5.74, 6) is 0.782. The van der Waals surface area contributed by atoms with E-state index in [2.05, 4.69) is 30.3 Å². The largest absolute Gasteiger partial charge is 0.336 e. The van der Waals surface area contributed by atoms with E-state index in [0.717, 1.165) is 31.2 Å². The first-order valence-electron chi connectivity index (χ1n) is 6.58. The Morgan fingerprint density at radius 1 is 1.53 bits per heavy atom. The van der Waals surface area contributed by atoms with Gasteiger partial charge in [-0.3, -0.25) is 0 Å². The summed E-state index contributed by atoms with van der Waals surface area (Å²) in [6.07, 6.45) is 6.69. The monoisotopic (exact) mass is 236 g/mol.